The molecule has 2 N–H and O–H groups in total. The monoisotopic (exact) mass is 245 g/mol. The number of rotatable bonds is 5. The van der Waals surface area contributed by atoms with Crippen molar-refractivity contribution in [2.75, 3.05) is 0 Å². The van der Waals surface area contributed by atoms with Crippen LogP contribution in [0.1, 0.15) is 44.2 Å². The molecule has 1 atom stereocenters. The molecule has 84 valence electrons. The second-order valence-corrected chi connectivity index (χ2v) is 4.53. The third kappa shape index (κ3) is 3.67. The van der Waals surface area contributed by atoms with Gasteiger partial charge >= 0.3 is 0 Å². The van der Waals surface area contributed by atoms with E-state index in [0.29, 0.717) is 10.0 Å². The minimum Gasteiger partial charge on any atom is -0.324 e. The molecule has 0 aliphatic heterocycles. The Morgan fingerprint density at radius 3 is 2.67 bits per heavy atom. The van der Waals surface area contributed by atoms with E-state index in [1.807, 2.05) is 12.1 Å². The van der Waals surface area contributed by atoms with Crippen molar-refractivity contribution in [3.8, 4) is 0 Å². The van der Waals surface area contributed by atoms with Crippen LogP contribution in [0.2, 0.25) is 10.0 Å². The Morgan fingerprint density at radius 2 is 2.00 bits per heavy atom. The van der Waals surface area contributed by atoms with Gasteiger partial charge in [0.15, 0.2) is 0 Å². The molecule has 0 aliphatic rings. The summed E-state index contributed by atoms with van der Waals surface area (Å²) in [4.78, 5) is 0. The molecule has 0 aromatic heterocycles. The normalized spacial score (nSPS) is 12.8. The van der Waals surface area contributed by atoms with Crippen LogP contribution in [0.25, 0.3) is 0 Å². The predicted molar refractivity (Wildman–Crippen MR) is 67.5 cm³/mol. The van der Waals surface area contributed by atoms with Crippen LogP contribution in [-0.4, -0.2) is 0 Å². The second-order valence-electron chi connectivity index (χ2n) is 3.75. The van der Waals surface area contributed by atoms with Crippen molar-refractivity contribution >= 4 is 23.2 Å². The predicted octanol–water partition coefficient (Wildman–Crippen LogP) is 4.57. The van der Waals surface area contributed by atoms with Gasteiger partial charge in [0.25, 0.3) is 0 Å². The van der Waals surface area contributed by atoms with Crippen molar-refractivity contribution in [2.45, 2.75) is 38.6 Å². The summed E-state index contributed by atoms with van der Waals surface area (Å²) in [5, 5.41) is 1.18. The number of nitrogens with two attached hydrogens (primary N) is 1. The Morgan fingerprint density at radius 1 is 1.27 bits per heavy atom. The second kappa shape index (κ2) is 6.37. The van der Waals surface area contributed by atoms with Gasteiger partial charge in [-0.25, -0.2) is 0 Å². The average molecular weight is 246 g/mol. The molecule has 15 heavy (non-hydrogen) atoms. The van der Waals surface area contributed by atoms with Crippen LogP contribution in [0.3, 0.4) is 0 Å². The van der Waals surface area contributed by atoms with Gasteiger partial charge in [0.1, 0.15) is 0 Å². The summed E-state index contributed by atoms with van der Waals surface area (Å²) >= 11 is 12.0. The summed E-state index contributed by atoms with van der Waals surface area (Å²) in [6.45, 7) is 2.18. The van der Waals surface area contributed by atoms with E-state index in [4.69, 9.17) is 28.9 Å². The molecular formula is C12H17Cl2N. The molecule has 0 bridgehead atoms. The summed E-state index contributed by atoms with van der Waals surface area (Å²) in [7, 11) is 0. The lowest BCUT2D eigenvalue weighted by Crippen LogP contribution is -2.10. The van der Waals surface area contributed by atoms with E-state index in [1.165, 1.54) is 12.8 Å². The smallest absolute Gasteiger partial charge is 0.0639 e. The Kier molecular flexibility index (Phi) is 5.44. The van der Waals surface area contributed by atoms with E-state index in [1.54, 1.807) is 6.07 Å². The largest absolute Gasteiger partial charge is 0.324 e. The van der Waals surface area contributed by atoms with E-state index < -0.39 is 0 Å². The van der Waals surface area contributed by atoms with Crippen LogP contribution in [0, 0.1) is 0 Å². The first-order chi connectivity index (χ1) is 7.16. The Hall–Kier alpha value is -0.240. The minimum atomic E-state index is 0.00255. The lowest BCUT2D eigenvalue weighted by molar-refractivity contribution is 0.581. The fourth-order valence-electron chi connectivity index (χ4n) is 1.58. The SMILES string of the molecule is CCCCC[C@H](N)c1cccc(Cl)c1Cl. The maximum atomic E-state index is 6.09. The molecule has 1 aromatic carbocycles. The van der Waals surface area contributed by atoms with Crippen LogP contribution in [0.15, 0.2) is 18.2 Å². The highest BCUT2D eigenvalue weighted by molar-refractivity contribution is 6.42. The molecule has 0 saturated carbocycles. The molecule has 1 rings (SSSR count). The molecule has 0 unspecified atom stereocenters. The van der Waals surface area contributed by atoms with Crippen LogP contribution < -0.4 is 5.73 Å². The topological polar surface area (TPSA) is 26.0 Å². The summed E-state index contributed by atoms with van der Waals surface area (Å²) < 4.78 is 0. The third-order valence-corrected chi connectivity index (χ3v) is 3.33. The summed E-state index contributed by atoms with van der Waals surface area (Å²) in [5.74, 6) is 0. The van der Waals surface area contributed by atoms with Crippen molar-refractivity contribution in [2.24, 2.45) is 5.73 Å². The summed E-state index contributed by atoms with van der Waals surface area (Å²) in [6, 6.07) is 5.63. The Balaban J connectivity index is 2.65. The van der Waals surface area contributed by atoms with Gasteiger partial charge in [-0.3, -0.25) is 0 Å². The molecule has 1 nitrogen and oxygen atoms in total. The molecule has 0 fully saturated rings. The number of benzene rings is 1. The standard InChI is InChI=1S/C12H17Cl2N/c1-2-3-4-8-11(15)9-6-5-7-10(13)12(9)14/h5-7,11H,2-4,8,15H2,1H3/t11-/m0/s1. The van der Waals surface area contributed by atoms with Crippen molar-refractivity contribution in [3.63, 3.8) is 0 Å². The van der Waals surface area contributed by atoms with E-state index >= 15 is 0 Å². The summed E-state index contributed by atoms with van der Waals surface area (Å²) in [6.07, 6.45) is 4.52. The molecule has 0 saturated heterocycles. The zero-order valence-electron chi connectivity index (χ0n) is 8.97. The zero-order chi connectivity index (χ0) is 11.3. The van der Waals surface area contributed by atoms with Crippen LogP contribution in [0.5, 0.6) is 0 Å². The van der Waals surface area contributed by atoms with Gasteiger partial charge < -0.3 is 5.73 Å². The third-order valence-electron chi connectivity index (χ3n) is 2.50. The minimum absolute atomic E-state index is 0.00255. The fourth-order valence-corrected chi connectivity index (χ4v) is 2.02. The van der Waals surface area contributed by atoms with Crippen molar-refractivity contribution in [1.29, 1.82) is 0 Å². The van der Waals surface area contributed by atoms with Gasteiger partial charge in [-0.2, -0.15) is 0 Å². The first kappa shape index (κ1) is 12.8. The Labute approximate surface area is 102 Å². The number of hydrogen-bond acceptors (Lipinski definition) is 1. The van der Waals surface area contributed by atoms with Crippen LogP contribution in [-0.2, 0) is 0 Å². The lowest BCUT2D eigenvalue weighted by atomic mass is 10.0. The molecular weight excluding hydrogens is 229 g/mol. The molecule has 0 aliphatic carbocycles. The first-order valence-electron chi connectivity index (χ1n) is 5.36. The van der Waals surface area contributed by atoms with Gasteiger partial charge in [-0.05, 0) is 18.1 Å². The van der Waals surface area contributed by atoms with E-state index in [-0.39, 0.29) is 6.04 Å². The van der Waals surface area contributed by atoms with Crippen LogP contribution in [0.4, 0.5) is 0 Å². The van der Waals surface area contributed by atoms with Gasteiger partial charge in [-0.1, -0.05) is 61.5 Å². The van der Waals surface area contributed by atoms with Crippen molar-refractivity contribution in [1.82, 2.24) is 0 Å². The fraction of sp³-hybridized carbons (Fsp3) is 0.500. The van der Waals surface area contributed by atoms with Crippen molar-refractivity contribution < 1.29 is 0 Å². The zero-order valence-corrected chi connectivity index (χ0v) is 10.5. The molecule has 0 radical (unpaired) electrons. The molecule has 0 heterocycles. The number of unbranched alkanes of at least 4 members (excludes halogenated alkanes) is 2. The van der Waals surface area contributed by atoms with E-state index in [2.05, 4.69) is 6.92 Å². The van der Waals surface area contributed by atoms with Gasteiger partial charge in [-0.15, -0.1) is 0 Å². The van der Waals surface area contributed by atoms with Gasteiger partial charge in [0.2, 0.25) is 0 Å². The molecule has 0 amide bonds. The quantitative estimate of drug-likeness (QED) is 0.756. The van der Waals surface area contributed by atoms with E-state index in [9.17, 15) is 0 Å². The highest BCUT2D eigenvalue weighted by Gasteiger charge is 2.11. The van der Waals surface area contributed by atoms with E-state index in [0.717, 1.165) is 18.4 Å². The summed E-state index contributed by atoms with van der Waals surface area (Å²) in [5.41, 5.74) is 7.02. The van der Waals surface area contributed by atoms with Gasteiger partial charge in [0.05, 0.1) is 10.0 Å². The molecule has 0 spiro atoms. The average Bonchev–Trinajstić information content (AvgIpc) is 2.22. The lowest BCUT2D eigenvalue weighted by Gasteiger charge is -2.14. The number of hydrogen-bond donors (Lipinski definition) is 1. The van der Waals surface area contributed by atoms with Gasteiger partial charge in [0, 0.05) is 6.04 Å². The van der Waals surface area contributed by atoms with Crippen molar-refractivity contribution in [3.05, 3.63) is 33.8 Å². The molecule has 1 aromatic rings. The van der Waals surface area contributed by atoms with Crippen LogP contribution >= 0.6 is 23.2 Å². The molecule has 3 heteroatoms. The number of halogens is 2. The highest BCUT2D eigenvalue weighted by Crippen LogP contribution is 2.30. The maximum Gasteiger partial charge on any atom is 0.0639 e. The highest BCUT2D eigenvalue weighted by atomic mass is 35.5. The first-order valence-corrected chi connectivity index (χ1v) is 6.12. The Bertz CT molecular complexity index is 312. The maximum absolute atomic E-state index is 6.09.